The Kier molecular flexibility index (Phi) is 17.1. The molecule has 464 valence electrons. The summed E-state index contributed by atoms with van der Waals surface area (Å²) < 4.78 is 22.1. The minimum atomic E-state index is -3.26. The quantitative estimate of drug-likeness (QED) is 0.0858. The van der Waals surface area contributed by atoms with E-state index in [9.17, 15) is 30.2 Å². The van der Waals surface area contributed by atoms with E-state index in [1.165, 1.54) is 0 Å². The van der Waals surface area contributed by atoms with E-state index in [-0.39, 0.29) is 23.0 Å². The van der Waals surface area contributed by atoms with Crippen molar-refractivity contribution < 1.29 is 53.8 Å². The van der Waals surface area contributed by atoms with E-state index in [0.29, 0.717) is 66.8 Å². The highest BCUT2D eigenvalue weighted by atomic mass is 31.2. The molecule has 4 aromatic carbocycles. The first-order chi connectivity index (χ1) is 36.7. The Morgan fingerprint density at radius 3 is 0.711 bits per heavy atom. The van der Waals surface area contributed by atoms with Crippen molar-refractivity contribution in [1.29, 1.82) is 0 Å². The molecule has 2 saturated heterocycles. The summed E-state index contributed by atoms with van der Waals surface area (Å²) in [5.74, 6) is 0.125. The fraction of sp³-hybridized carbons (Fsp3) is 0.657. The van der Waals surface area contributed by atoms with Gasteiger partial charge in [-0.2, -0.15) is 0 Å². The van der Waals surface area contributed by atoms with E-state index >= 15 is 10.2 Å². The van der Waals surface area contributed by atoms with Crippen LogP contribution in [0.3, 0.4) is 0 Å². The lowest BCUT2D eigenvalue weighted by Crippen LogP contribution is -2.85. The Morgan fingerprint density at radius 2 is 0.530 bits per heavy atom. The van der Waals surface area contributed by atoms with Crippen molar-refractivity contribution in [3.05, 3.63) is 115 Å². The van der Waals surface area contributed by atoms with Crippen molar-refractivity contribution in [2.45, 2.75) is 285 Å². The molecule has 3 fully saturated rings. The average Bonchev–Trinajstić information content (AvgIpc) is 1.59. The molecule has 4 aromatic rings. The molecule has 7 rings (SSSR count). The minimum absolute atomic E-state index is 0.0227. The molecule has 2 bridgehead atoms. The smallest absolute Gasteiger partial charge is 0.340 e. The highest BCUT2D eigenvalue weighted by Gasteiger charge is 2.87. The van der Waals surface area contributed by atoms with Gasteiger partial charge in [-0.25, -0.2) is 4.31 Å². The van der Waals surface area contributed by atoms with Crippen LogP contribution in [0.1, 0.15) is 274 Å². The van der Waals surface area contributed by atoms with Gasteiger partial charge in [0.25, 0.3) is 0 Å². The fourth-order valence-electron chi connectivity index (χ4n) is 14.7. The third-order valence-corrected chi connectivity index (χ3v) is 20.2. The molecule has 83 heavy (non-hydrogen) atoms. The van der Waals surface area contributed by atoms with Crippen LogP contribution < -0.4 is 0 Å². The van der Waals surface area contributed by atoms with Crippen LogP contribution in [0.25, 0.3) is 0 Å². The minimum Gasteiger partial charge on any atom is -0.508 e. The maximum absolute atomic E-state index is 16.9. The maximum atomic E-state index is 16.9. The molecule has 0 amide bonds. The van der Waals surface area contributed by atoms with E-state index in [1.54, 1.807) is 24.3 Å². The number of hydrogen-bond donors (Lipinski definition) is 8. The van der Waals surface area contributed by atoms with Crippen LogP contribution in [-0.4, -0.2) is 52.6 Å². The van der Waals surface area contributed by atoms with Crippen LogP contribution in [0.5, 0.6) is 23.0 Å². The van der Waals surface area contributed by atoms with Crippen LogP contribution in [0, 0.1) is 10.8 Å². The van der Waals surface area contributed by atoms with Crippen LogP contribution in [0.15, 0.2) is 48.5 Å². The first kappa shape index (κ1) is 68.8. The molecule has 6 atom stereocenters. The summed E-state index contributed by atoms with van der Waals surface area (Å²) in [4.78, 5) is 22.7. The summed E-state index contributed by atoms with van der Waals surface area (Å²) >= 11 is 0. The summed E-state index contributed by atoms with van der Waals surface area (Å²) in [7, 11) is -6.29. The lowest BCUT2D eigenvalue weighted by molar-refractivity contribution is -0.315. The van der Waals surface area contributed by atoms with Gasteiger partial charge in [-0.15, -0.1) is 0 Å². The van der Waals surface area contributed by atoms with Gasteiger partial charge >= 0.3 is 17.2 Å². The SMILES string of the molecule is CC(C)(C)c1cc(C2(O)C3OP(OP(O)O)OC(C(O)(c4cc(C(C)(C)C)c(O)cc4C(C)(C)C)C3(c3cc(C(C)(C)C)c(O)cc3C(C)(C)C)C(C)(C)C)C2(c2cc(C(C)(C)C)c(O)cc2C(C)(C)C)C(C)(C)C)c(C(C)(C)C)cc1O. The molecular formula is C70H108O11P2. The third-order valence-electron chi connectivity index (χ3n) is 18.3. The Labute approximate surface area is 503 Å². The fourth-order valence-corrected chi connectivity index (χ4v) is 16.5. The molecule has 13 heteroatoms. The maximum Gasteiger partial charge on any atom is 0.340 e. The van der Waals surface area contributed by atoms with Gasteiger partial charge < -0.3 is 49.5 Å². The summed E-state index contributed by atoms with van der Waals surface area (Å²) in [6.07, 6.45) is -3.56. The van der Waals surface area contributed by atoms with Crippen LogP contribution >= 0.6 is 17.2 Å². The second kappa shape index (κ2) is 20.6. The number of aromatic hydroxyl groups is 4. The molecule has 0 spiro atoms. The Morgan fingerprint density at radius 1 is 0.337 bits per heavy atom. The second-order valence-electron chi connectivity index (χ2n) is 34.8. The molecule has 1 saturated carbocycles. The highest BCUT2D eigenvalue weighted by molar-refractivity contribution is 7.54. The van der Waals surface area contributed by atoms with E-state index < -0.39 is 106 Å². The first-order valence-electron chi connectivity index (χ1n) is 29.7. The van der Waals surface area contributed by atoms with Gasteiger partial charge in [0.1, 0.15) is 46.4 Å². The molecule has 11 nitrogen and oxygen atoms in total. The lowest BCUT2D eigenvalue weighted by atomic mass is 9.32. The molecule has 3 aliphatic rings. The molecule has 6 unspecified atom stereocenters. The molecule has 2 aliphatic heterocycles. The lowest BCUT2D eigenvalue weighted by Gasteiger charge is -2.74. The van der Waals surface area contributed by atoms with Crippen molar-refractivity contribution in [2.24, 2.45) is 10.8 Å². The zero-order valence-corrected chi connectivity index (χ0v) is 58.3. The van der Waals surface area contributed by atoms with E-state index in [2.05, 4.69) is 41.5 Å². The predicted molar refractivity (Wildman–Crippen MR) is 341 cm³/mol. The monoisotopic (exact) mass is 1190 g/mol. The second-order valence-corrected chi connectivity index (χ2v) is 36.9. The first-order valence-corrected chi connectivity index (χ1v) is 32.0. The van der Waals surface area contributed by atoms with Crippen LogP contribution in [0.4, 0.5) is 0 Å². The number of phenolic OH excluding ortho intramolecular Hbond substituents is 4. The molecule has 0 aromatic heterocycles. The zero-order valence-electron chi connectivity index (χ0n) is 56.5. The van der Waals surface area contributed by atoms with Gasteiger partial charge in [0.2, 0.25) is 0 Å². The highest BCUT2D eigenvalue weighted by Crippen LogP contribution is 2.81. The van der Waals surface area contributed by atoms with Crippen molar-refractivity contribution in [3.8, 4) is 23.0 Å². The number of hydrogen-bond acceptors (Lipinski definition) is 11. The molecule has 2 heterocycles. The van der Waals surface area contributed by atoms with Crippen molar-refractivity contribution in [1.82, 2.24) is 0 Å². The van der Waals surface area contributed by atoms with Crippen molar-refractivity contribution in [3.63, 3.8) is 0 Å². The standard InChI is InChI=1S/C70H108O11P2/c1-57(2,3)39-35-51(71)47(61(13,14)15)31-43(39)67(65(25,26)27)55-70(76,46-34-50(64(22,23)24)54(74)38-42(46)60(10,11)12)68(66(28,29)30,44-32-48(62(16,17)18)52(72)36-40(44)58(4,5)6)56(80-83(79-55)81-82(77)78)69(67,75)45-33-49(63(19,20)21)53(73)37-41(45)59(7,8)9/h31-38,55-56,71-78H,1-30H3. The van der Waals surface area contributed by atoms with E-state index in [1.807, 2.05) is 190 Å². The van der Waals surface area contributed by atoms with Gasteiger partial charge in [-0.3, -0.25) is 0 Å². The number of phenols is 4. The van der Waals surface area contributed by atoms with Gasteiger partial charge in [0, 0.05) is 0 Å². The largest absolute Gasteiger partial charge is 0.508 e. The molecular weight excluding hydrogens is 1080 g/mol. The Hall–Kier alpha value is -3.34. The van der Waals surface area contributed by atoms with E-state index in [0.717, 1.165) is 0 Å². The van der Waals surface area contributed by atoms with Gasteiger partial charge in [0.05, 0.1) is 10.8 Å². The predicted octanol–water partition coefficient (Wildman–Crippen LogP) is 17.2. The Bertz CT molecular complexity index is 2920. The molecule has 0 radical (unpaired) electrons. The van der Waals surface area contributed by atoms with Gasteiger partial charge in [-0.05, 0) is 157 Å². The number of aliphatic hydroxyl groups is 2. The van der Waals surface area contributed by atoms with E-state index in [4.69, 9.17) is 13.4 Å². The molecule has 1 aliphatic carbocycles. The molecule has 8 N–H and O–H groups in total. The Balaban J connectivity index is 2.34. The summed E-state index contributed by atoms with van der Waals surface area (Å²) in [5.41, 5.74) is -11.5. The zero-order chi connectivity index (χ0) is 64.3. The number of rotatable bonds is 6. The third kappa shape index (κ3) is 11.0. The van der Waals surface area contributed by atoms with Crippen molar-refractivity contribution in [2.75, 3.05) is 0 Å². The normalized spacial score (nSPS) is 25.6. The number of benzene rings is 4. The van der Waals surface area contributed by atoms with Crippen molar-refractivity contribution >= 4 is 17.2 Å². The topological polar surface area (TPSA) is 190 Å². The summed E-state index contributed by atoms with van der Waals surface area (Å²) in [6.45, 7) is 61.0. The number of fused-ring (bicyclic) bond motifs is 4. The van der Waals surface area contributed by atoms with Gasteiger partial charge in [0.15, 0.2) is 0 Å². The summed E-state index contributed by atoms with van der Waals surface area (Å²) in [6, 6.07) is 15.0. The van der Waals surface area contributed by atoms with Crippen LogP contribution in [-0.2, 0) is 78.7 Å². The van der Waals surface area contributed by atoms with Crippen LogP contribution in [0.2, 0.25) is 0 Å². The average molecular weight is 1190 g/mol. The summed E-state index contributed by atoms with van der Waals surface area (Å²) in [5, 5.41) is 84.0. The van der Waals surface area contributed by atoms with Gasteiger partial charge in [-0.1, -0.05) is 220 Å².